The van der Waals surface area contributed by atoms with Crippen molar-refractivity contribution in [3.05, 3.63) is 51.2 Å². The van der Waals surface area contributed by atoms with Crippen molar-refractivity contribution < 1.29 is 13.2 Å². The topological polar surface area (TPSA) is 76.5 Å². The van der Waals surface area contributed by atoms with Crippen LogP contribution in [-0.4, -0.2) is 31.1 Å². The molecule has 0 aromatic carbocycles. The summed E-state index contributed by atoms with van der Waals surface area (Å²) in [6.45, 7) is 3.44. The maximum absolute atomic E-state index is 12.8. The number of halogens is 4. The molecule has 0 amide bonds. The highest BCUT2D eigenvalue weighted by Crippen LogP contribution is 2.39. The first-order valence-electron chi connectivity index (χ1n) is 7.80. The Morgan fingerprint density at radius 3 is 2.73 bits per heavy atom. The smallest absolute Gasteiger partial charge is 0.311 e. The molecule has 1 N–H and O–H groups in total. The largest absolute Gasteiger partial charge is 0.416 e. The number of hydrogen-bond donors (Lipinski definition) is 1. The van der Waals surface area contributed by atoms with Gasteiger partial charge in [-0.2, -0.15) is 13.2 Å². The second-order valence-electron chi connectivity index (χ2n) is 6.07. The summed E-state index contributed by atoms with van der Waals surface area (Å²) in [4.78, 5) is 18.3. The van der Waals surface area contributed by atoms with Crippen molar-refractivity contribution >= 4 is 11.6 Å². The van der Waals surface area contributed by atoms with E-state index in [0.717, 1.165) is 12.2 Å². The first kappa shape index (κ1) is 18.4. The van der Waals surface area contributed by atoms with Crippen LogP contribution in [0.15, 0.2) is 39.8 Å². The Kier molecular flexibility index (Phi) is 4.74. The molecule has 26 heavy (non-hydrogen) atoms. The zero-order valence-corrected chi connectivity index (χ0v) is 14.6. The first-order valence-corrected chi connectivity index (χ1v) is 8.17. The number of H-pyrrole nitrogens is 1. The van der Waals surface area contributed by atoms with Gasteiger partial charge in [-0.3, -0.25) is 4.79 Å². The molecule has 138 valence electrons. The van der Waals surface area contributed by atoms with Crippen LogP contribution in [0.1, 0.15) is 25.2 Å². The molecule has 6 nitrogen and oxygen atoms in total. The van der Waals surface area contributed by atoms with Crippen LogP contribution in [0.2, 0.25) is 0 Å². The average molecular weight is 386 g/mol. The minimum Gasteiger partial charge on any atom is -0.311 e. The Morgan fingerprint density at radius 1 is 1.38 bits per heavy atom. The highest BCUT2D eigenvalue weighted by molar-refractivity contribution is 6.30. The van der Waals surface area contributed by atoms with E-state index in [4.69, 9.17) is 11.6 Å². The lowest BCUT2D eigenvalue weighted by atomic mass is 9.90. The molecule has 0 aliphatic heterocycles. The van der Waals surface area contributed by atoms with Crippen molar-refractivity contribution in [2.24, 2.45) is 5.92 Å². The van der Waals surface area contributed by atoms with Crippen molar-refractivity contribution in [3.63, 3.8) is 0 Å². The van der Waals surface area contributed by atoms with Gasteiger partial charge < -0.3 is 4.98 Å². The molecule has 2 aromatic heterocycles. The van der Waals surface area contributed by atoms with Crippen molar-refractivity contribution in [2.45, 2.75) is 32.5 Å². The number of alkyl halides is 3. The van der Waals surface area contributed by atoms with E-state index in [1.807, 2.05) is 0 Å². The third-order valence-electron chi connectivity index (χ3n) is 4.20. The molecule has 3 rings (SSSR count). The standard InChI is InChI=1S/C16H15ClF3N5O/c1-8(11-4-3-10(5-12(11)17)16(18,19)20)25-7-14(23-24-25)13-6-15(26)22-9(2)21-13/h3,5-8,11H,4H2,1-2H3,(H,21,22,26)/t8-,11?/m0/s1. The zero-order valence-electron chi connectivity index (χ0n) is 13.9. The van der Waals surface area contributed by atoms with Crippen LogP contribution >= 0.6 is 11.6 Å². The number of aromatic amines is 1. The number of aryl methyl sites for hydroxylation is 1. The molecule has 1 aliphatic carbocycles. The highest BCUT2D eigenvalue weighted by atomic mass is 35.5. The Bertz CT molecular complexity index is 944. The third kappa shape index (κ3) is 3.72. The van der Waals surface area contributed by atoms with Gasteiger partial charge in [-0.1, -0.05) is 22.9 Å². The van der Waals surface area contributed by atoms with E-state index in [2.05, 4.69) is 20.3 Å². The van der Waals surface area contributed by atoms with Gasteiger partial charge in [0.1, 0.15) is 11.5 Å². The Hall–Kier alpha value is -2.42. The maximum Gasteiger partial charge on any atom is 0.416 e. The summed E-state index contributed by atoms with van der Waals surface area (Å²) in [6.07, 6.45) is -0.598. The average Bonchev–Trinajstić information content (AvgIpc) is 3.02. The summed E-state index contributed by atoms with van der Waals surface area (Å²) < 4.78 is 39.9. The van der Waals surface area contributed by atoms with Gasteiger partial charge in [0.2, 0.25) is 0 Å². The van der Waals surface area contributed by atoms with Crippen molar-refractivity contribution in [3.8, 4) is 11.4 Å². The van der Waals surface area contributed by atoms with E-state index in [1.165, 1.54) is 10.7 Å². The Morgan fingerprint density at radius 2 is 2.12 bits per heavy atom. The summed E-state index contributed by atoms with van der Waals surface area (Å²) in [5, 5.41) is 8.14. The second-order valence-corrected chi connectivity index (χ2v) is 6.51. The summed E-state index contributed by atoms with van der Waals surface area (Å²) in [7, 11) is 0. The van der Waals surface area contributed by atoms with Crippen molar-refractivity contribution in [2.75, 3.05) is 0 Å². The van der Waals surface area contributed by atoms with Crippen molar-refractivity contribution in [1.82, 2.24) is 25.0 Å². The minimum atomic E-state index is -4.42. The first-order chi connectivity index (χ1) is 12.1. The van der Waals surface area contributed by atoms with E-state index in [-0.39, 0.29) is 29.0 Å². The van der Waals surface area contributed by atoms with Crippen LogP contribution < -0.4 is 5.56 Å². The van der Waals surface area contributed by atoms with Gasteiger partial charge in [-0.05, 0) is 26.3 Å². The molecule has 0 spiro atoms. The quantitative estimate of drug-likeness (QED) is 0.876. The molecule has 2 aromatic rings. The van der Waals surface area contributed by atoms with Crippen LogP contribution in [0.5, 0.6) is 0 Å². The van der Waals surface area contributed by atoms with E-state index >= 15 is 0 Å². The third-order valence-corrected chi connectivity index (χ3v) is 4.59. The van der Waals surface area contributed by atoms with Crippen LogP contribution in [-0.2, 0) is 0 Å². The Labute approximate surface area is 151 Å². The lowest BCUT2D eigenvalue weighted by Crippen LogP contribution is -2.21. The zero-order chi connectivity index (χ0) is 19.1. The molecule has 2 atom stereocenters. The fraction of sp³-hybridized carbons (Fsp3) is 0.375. The van der Waals surface area contributed by atoms with Gasteiger partial charge in [0, 0.05) is 17.0 Å². The molecule has 0 radical (unpaired) electrons. The van der Waals surface area contributed by atoms with Crippen LogP contribution in [0.25, 0.3) is 11.4 Å². The SMILES string of the molecule is Cc1nc(-c2cn([C@@H](C)C3CC=C(C(F)(F)F)C=C3Cl)nn2)cc(=O)[nH]1. The van der Waals surface area contributed by atoms with Gasteiger partial charge in [-0.15, -0.1) is 5.10 Å². The lowest BCUT2D eigenvalue weighted by Gasteiger charge is -2.26. The van der Waals surface area contributed by atoms with Crippen molar-refractivity contribution in [1.29, 1.82) is 0 Å². The molecule has 2 heterocycles. The van der Waals surface area contributed by atoms with E-state index in [9.17, 15) is 18.0 Å². The normalized spacial score (nSPS) is 19.1. The number of allylic oxidation sites excluding steroid dienone is 4. The molecule has 10 heteroatoms. The Balaban J connectivity index is 1.83. The van der Waals surface area contributed by atoms with Gasteiger partial charge in [0.25, 0.3) is 5.56 Å². The molecule has 0 saturated heterocycles. The van der Waals surface area contributed by atoms with Gasteiger partial charge in [-0.25, -0.2) is 9.67 Å². The van der Waals surface area contributed by atoms with Crippen LogP contribution in [0.4, 0.5) is 13.2 Å². The van der Waals surface area contributed by atoms with E-state index in [0.29, 0.717) is 17.2 Å². The number of rotatable bonds is 3. The van der Waals surface area contributed by atoms with Crippen LogP contribution in [0, 0.1) is 12.8 Å². The number of aromatic nitrogens is 5. The summed E-state index contributed by atoms with van der Waals surface area (Å²) >= 11 is 6.09. The molecule has 1 unspecified atom stereocenters. The maximum atomic E-state index is 12.8. The van der Waals surface area contributed by atoms with Crippen LogP contribution in [0.3, 0.4) is 0 Å². The predicted molar refractivity (Wildman–Crippen MR) is 89.5 cm³/mol. The highest BCUT2D eigenvalue weighted by Gasteiger charge is 2.36. The number of nitrogens with zero attached hydrogens (tertiary/aromatic N) is 4. The summed E-state index contributed by atoms with van der Waals surface area (Å²) in [5.41, 5.74) is -0.283. The summed E-state index contributed by atoms with van der Waals surface area (Å²) in [5.74, 6) is 0.0874. The monoisotopic (exact) mass is 385 g/mol. The summed E-state index contributed by atoms with van der Waals surface area (Å²) in [6, 6.07) is 0.979. The minimum absolute atomic E-state index is 0.120. The predicted octanol–water partition coefficient (Wildman–Crippen LogP) is 3.53. The van der Waals surface area contributed by atoms with Gasteiger partial charge >= 0.3 is 6.18 Å². The van der Waals surface area contributed by atoms with Gasteiger partial charge in [0.15, 0.2) is 0 Å². The second kappa shape index (κ2) is 6.71. The number of nitrogens with one attached hydrogen (secondary N) is 1. The van der Waals surface area contributed by atoms with E-state index < -0.39 is 11.7 Å². The fourth-order valence-electron chi connectivity index (χ4n) is 2.79. The molecule has 0 bridgehead atoms. The molecular formula is C16H15ClF3N5O. The molecule has 0 saturated carbocycles. The number of hydrogen-bond acceptors (Lipinski definition) is 4. The molecular weight excluding hydrogens is 371 g/mol. The molecule has 0 fully saturated rings. The fourth-order valence-corrected chi connectivity index (χ4v) is 3.18. The lowest BCUT2D eigenvalue weighted by molar-refractivity contribution is -0.0888. The molecule has 1 aliphatic rings. The van der Waals surface area contributed by atoms with E-state index in [1.54, 1.807) is 20.0 Å². The van der Waals surface area contributed by atoms with Gasteiger partial charge in [0.05, 0.1) is 23.5 Å².